The Labute approximate surface area is 170 Å². The Kier molecular flexibility index (Phi) is 7.70. The second-order valence-electron chi connectivity index (χ2n) is 6.18. The standard InChI is InChI=1S/C21H26N2O6/c1-13(24)22-15-7-8-17(26-2)16(12-15)23-20(25)9-6-14-10-18(27-3)21(29-5)19(11-14)28-4/h7-8,10-12H,6,9H2,1-5H3,(H,22,24)(H,23,25). The van der Waals surface area contributed by atoms with E-state index in [0.29, 0.717) is 40.8 Å². The maximum Gasteiger partial charge on any atom is 0.224 e. The summed E-state index contributed by atoms with van der Waals surface area (Å²) < 4.78 is 21.3. The van der Waals surface area contributed by atoms with Gasteiger partial charge in [0.05, 0.1) is 34.1 Å². The van der Waals surface area contributed by atoms with Crippen LogP contribution in [-0.2, 0) is 16.0 Å². The normalized spacial score (nSPS) is 10.1. The molecular formula is C21H26N2O6. The predicted octanol–water partition coefficient (Wildman–Crippen LogP) is 3.25. The van der Waals surface area contributed by atoms with Crippen LogP contribution in [0.1, 0.15) is 18.9 Å². The summed E-state index contributed by atoms with van der Waals surface area (Å²) in [5.74, 6) is 1.67. The van der Waals surface area contributed by atoms with Gasteiger partial charge < -0.3 is 29.6 Å². The lowest BCUT2D eigenvalue weighted by Crippen LogP contribution is -2.14. The molecule has 0 unspecified atom stereocenters. The van der Waals surface area contributed by atoms with Gasteiger partial charge in [-0.15, -0.1) is 0 Å². The lowest BCUT2D eigenvalue weighted by molar-refractivity contribution is -0.116. The zero-order chi connectivity index (χ0) is 21.4. The molecule has 2 rings (SSSR count). The van der Waals surface area contributed by atoms with Crippen LogP contribution < -0.4 is 29.6 Å². The summed E-state index contributed by atoms with van der Waals surface area (Å²) in [7, 11) is 6.14. The molecule has 2 N–H and O–H groups in total. The van der Waals surface area contributed by atoms with Crippen LogP contribution in [0.25, 0.3) is 0 Å². The molecule has 0 atom stereocenters. The molecule has 0 radical (unpaired) electrons. The van der Waals surface area contributed by atoms with Gasteiger partial charge in [0.1, 0.15) is 5.75 Å². The maximum absolute atomic E-state index is 12.5. The molecule has 0 aliphatic rings. The monoisotopic (exact) mass is 402 g/mol. The van der Waals surface area contributed by atoms with Crippen LogP contribution in [0.4, 0.5) is 11.4 Å². The number of hydrogen-bond acceptors (Lipinski definition) is 6. The largest absolute Gasteiger partial charge is 0.495 e. The Morgan fingerprint density at radius 1 is 0.828 bits per heavy atom. The van der Waals surface area contributed by atoms with E-state index < -0.39 is 0 Å². The van der Waals surface area contributed by atoms with Crippen LogP contribution in [0.3, 0.4) is 0 Å². The van der Waals surface area contributed by atoms with Crippen molar-refractivity contribution in [3.8, 4) is 23.0 Å². The zero-order valence-electron chi connectivity index (χ0n) is 17.3. The molecule has 0 saturated heterocycles. The molecule has 8 nitrogen and oxygen atoms in total. The van der Waals surface area contributed by atoms with Gasteiger partial charge in [0.15, 0.2) is 11.5 Å². The third kappa shape index (κ3) is 5.78. The molecular weight excluding hydrogens is 376 g/mol. The number of methoxy groups -OCH3 is 4. The van der Waals surface area contributed by atoms with Crippen LogP contribution in [0.5, 0.6) is 23.0 Å². The fourth-order valence-corrected chi connectivity index (χ4v) is 2.84. The van der Waals surface area contributed by atoms with E-state index in [9.17, 15) is 9.59 Å². The Morgan fingerprint density at radius 2 is 1.45 bits per heavy atom. The molecule has 8 heteroatoms. The molecule has 0 saturated carbocycles. The number of nitrogens with one attached hydrogen (secondary N) is 2. The lowest BCUT2D eigenvalue weighted by atomic mass is 10.1. The number of carbonyl (C=O) groups is 2. The summed E-state index contributed by atoms with van der Waals surface area (Å²) in [5.41, 5.74) is 1.92. The average molecular weight is 402 g/mol. The van der Waals surface area contributed by atoms with Crippen LogP contribution in [0.2, 0.25) is 0 Å². The topological polar surface area (TPSA) is 95.1 Å². The van der Waals surface area contributed by atoms with Gasteiger partial charge in [0, 0.05) is 19.0 Å². The zero-order valence-corrected chi connectivity index (χ0v) is 17.3. The van der Waals surface area contributed by atoms with Crippen molar-refractivity contribution in [2.75, 3.05) is 39.1 Å². The third-order valence-corrected chi connectivity index (χ3v) is 4.16. The first-order valence-corrected chi connectivity index (χ1v) is 8.96. The first-order valence-electron chi connectivity index (χ1n) is 8.96. The van der Waals surface area contributed by atoms with Gasteiger partial charge in [-0.3, -0.25) is 9.59 Å². The second kappa shape index (κ2) is 10.2. The number of benzene rings is 2. The van der Waals surface area contributed by atoms with Gasteiger partial charge in [-0.1, -0.05) is 0 Å². The highest BCUT2D eigenvalue weighted by atomic mass is 16.5. The number of hydrogen-bond donors (Lipinski definition) is 2. The predicted molar refractivity (Wildman–Crippen MR) is 110 cm³/mol. The molecule has 2 aromatic carbocycles. The highest BCUT2D eigenvalue weighted by Crippen LogP contribution is 2.38. The molecule has 2 aromatic rings. The highest BCUT2D eigenvalue weighted by Gasteiger charge is 2.15. The molecule has 2 amide bonds. The van der Waals surface area contributed by atoms with Crippen molar-refractivity contribution in [1.82, 2.24) is 0 Å². The Hall–Kier alpha value is -3.42. The fraction of sp³-hybridized carbons (Fsp3) is 0.333. The number of aryl methyl sites for hydroxylation is 1. The number of rotatable bonds is 9. The first kappa shape index (κ1) is 21.9. The third-order valence-electron chi connectivity index (χ3n) is 4.16. The highest BCUT2D eigenvalue weighted by molar-refractivity contribution is 5.95. The Bertz CT molecular complexity index is 856. The molecule has 156 valence electrons. The van der Waals surface area contributed by atoms with E-state index in [1.165, 1.54) is 21.1 Å². The van der Waals surface area contributed by atoms with E-state index in [-0.39, 0.29) is 18.2 Å². The number of amides is 2. The SMILES string of the molecule is COc1ccc(NC(C)=O)cc1NC(=O)CCc1cc(OC)c(OC)c(OC)c1. The number of carbonyl (C=O) groups excluding carboxylic acids is 2. The van der Waals surface area contributed by atoms with Gasteiger partial charge >= 0.3 is 0 Å². The van der Waals surface area contributed by atoms with Crippen molar-refractivity contribution in [1.29, 1.82) is 0 Å². The minimum Gasteiger partial charge on any atom is -0.495 e. The summed E-state index contributed by atoms with van der Waals surface area (Å²) in [6.45, 7) is 1.42. The van der Waals surface area contributed by atoms with E-state index >= 15 is 0 Å². The first-order chi connectivity index (χ1) is 13.9. The second-order valence-corrected chi connectivity index (χ2v) is 6.18. The molecule has 0 fully saturated rings. The van der Waals surface area contributed by atoms with Crippen molar-refractivity contribution in [2.24, 2.45) is 0 Å². The average Bonchev–Trinajstić information content (AvgIpc) is 2.71. The van der Waals surface area contributed by atoms with Crippen LogP contribution >= 0.6 is 0 Å². The summed E-state index contributed by atoms with van der Waals surface area (Å²) in [5, 5.41) is 5.50. The van der Waals surface area contributed by atoms with Gasteiger partial charge in [-0.25, -0.2) is 0 Å². The van der Waals surface area contributed by atoms with Crippen molar-refractivity contribution in [3.05, 3.63) is 35.9 Å². The van der Waals surface area contributed by atoms with E-state index in [4.69, 9.17) is 18.9 Å². The molecule has 0 aliphatic heterocycles. The number of ether oxygens (including phenoxy) is 4. The summed E-state index contributed by atoms with van der Waals surface area (Å²) in [6.07, 6.45) is 0.697. The molecule has 0 aliphatic carbocycles. The van der Waals surface area contributed by atoms with Crippen molar-refractivity contribution in [3.63, 3.8) is 0 Å². The minimum absolute atomic E-state index is 0.197. The molecule has 0 bridgehead atoms. The number of anilines is 2. The van der Waals surface area contributed by atoms with Gasteiger partial charge in [-0.2, -0.15) is 0 Å². The van der Waals surface area contributed by atoms with Crippen LogP contribution in [0.15, 0.2) is 30.3 Å². The molecule has 0 aromatic heterocycles. The van der Waals surface area contributed by atoms with Crippen LogP contribution in [-0.4, -0.2) is 40.3 Å². The smallest absolute Gasteiger partial charge is 0.224 e. The van der Waals surface area contributed by atoms with Gasteiger partial charge in [0.25, 0.3) is 0 Å². The van der Waals surface area contributed by atoms with E-state index in [0.717, 1.165) is 5.56 Å². The van der Waals surface area contributed by atoms with Gasteiger partial charge in [-0.05, 0) is 42.3 Å². The minimum atomic E-state index is -0.199. The fourth-order valence-electron chi connectivity index (χ4n) is 2.84. The maximum atomic E-state index is 12.5. The van der Waals surface area contributed by atoms with E-state index in [1.807, 2.05) is 12.1 Å². The van der Waals surface area contributed by atoms with E-state index in [1.54, 1.807) is 32.4 Å². The Morgan fingerprint density at radius 3 is 1.97 bits per heavy atom. The molecule has 0 spiro atoms. The summed E-state index contributed by atoms with van der Waals surface area (Å²) in [4.78, 5) is 23.7. The molecule has 29 heavy (non-hydrogen) atoms. The van der Waals surface area contributed by atoms with Crippen LogP contribution in [0, 0.1) is 0 Å². The summed E-state index contributed by atoms with van der Waals surface area (Å²) >= 11 is 0. The lowest BCUT2D eigenvalue weighted by Gasteiger charge is -2.14. The van der Waals surface area contributed by atoms with Crippen molar-refractivity contribution >= 4 is 23.2 Å². The Balaban J connectivity index is 2.11. The van der Waals surface area contributed by atoms with Crippen molar-refractivity contribution < 1.29 is 28.5 Å². The van der Waals surface area contributed by atoms with E-state index in [2.05, 4.69) is 10.6 Å². The van der Waals surface area contributed by atoms with Gasteiger partial charge in [0.2, 0.25) is 17.6 Å². The quantitative estimate of drug-likeness (QED) is 0.669. The van der Waals surface area contributed by atoms with Crippen molar-refractivity contribution in [2.45, 2.75) is 19.8 Å². The molecule has 0 heterocycles. The summed E-state index contributed by atoms with van der Waals surface area (Å²) in [6, 6.07) is 8.66.